The molecule has 1 N–H and O–H groups in total. The van der Waals surface area contributed by atoms with Gasteiger partial charge in [0.25, 0.3) is 5.91 Å². The minimum atomic E-state index is -0.724. The molecule has 5 nitrogen and oxygen atoms in total. The predicted molar refractivity (Wildman–Crippen MR) is 144 cm³/mol. The number of aryl methyl sites for hydroxylation is 3. The molecule has 5 rings (SSSR count). The van der Waals surface area contributed by atoms with Crippen LogP contribution in [-0.2, 0) is 4.74 Å². The van der Waals surface area contributed by atoms with Crippen LogP contribution in [0, 0.1) is 32.6 Å². The van der Waals surface area contributed by atoms with Crippen LogP contribution in [0.1, 0.15) is 60.9 Å². The Morgan fingerprint density at radius 1 is 1.06 bits per heavy atom. The van der Waals surface area contributed by atoms with Crippen LogP contribution in [0.15, 0.2) is 52.9 Å². The van der Waals surface area contributed by atoms with Crippen molar-refractivity contribution in [3.8, 4) is 0 Å². The van der Waals surface area contributed by atoms with Crippen LogP contribution >= 0.6 is 22.7 Å². The second kappa shape index (κ2) is 10.3. The SMILES string of the molecule is Cc1cc(C)c(C2=C(OC(=O)c3cccs3)CC(CC3CCN(C(=O)c4cccs4)C3)C2O)c(C)c1. The minimum Gasteiger partial charge on any atom is -0.426 e. The Morgan fingerprint density at radius 2 is 1.72 bits per heavy atom. The summed E-state index contributed by atoms with van der Waals surface area (Å²) in [5, 5.41) is 15.4. The molecule has 1 aliphatic carbocycles. The molecule has 1 saturated heterocycles. The van der Waals surface area contributed by atoms with Gasteiger partial charge in [-0.2, -0.15) is 0 Å². The third kappa shape index (κ3) is 4.92. The number of aliphatic hydroxyl groups is 1. The number of rotatable bonds is 6. The van der Waals surface area contributed by atoms with Gasteiger partial charge in [0.05, 0.1) is 11.0 Å². The highest BCUT2D eigenvalue weighted by Gasteiger charge is 2.40. The molecule has 3 atom stereocenters. The number of nitrogens with zero attached hydrogens (tertiary/aromatic N) is 1. The third-order valence-electron chi connectivity index (χ3n) is 7.32. The van der Waals surface area contributed by atoms with E-state index >= 15 is 0 Å². The van der Waals surface area contributed by atoms with Crippen LogP contribution in [0.3, 0.4) is 0 Å². The van der Waals surface area contributed by atoms with Crippen molar-refractivity contribution in [1.82, 2.24) is 4.90 Å². The third-order valence-corrected chi connectivity index (χ3v) is 9.02. The monoisotopic (exact) mass is 521 g/mol. The molecule has 36 heavy (non-hydrogen) atoms. The van der Waals surface area contributed by atoms with E-state index in [2.05, 4.69) is 19.1 Å². The normalized spacial score (nSPS) is 21.9. The van der Waals surface area contributed by atoms with E-state index in [9.17, 15) is 14.7 Å². The molecule has 1 aliphatic heterocycles. The fourth-order valence-corrected chi connectivity index (χ4v) is 7.10. The smallest absolute Gasteiger partial charge is 0.353 e. The summed E-state index contributed by atoms with van der Waals surface area (Å²) >= 11 is 2.83. The Morgan fingerprint density at radius 3 is 2.36 bits per heavy atom. The van der Waals surface area contributed by atoms with Crippen LogP contribution in [-0.4, -0.2) is 41.1 Å². The average molecular weight is 522 g/mol. The quantitative estimate of drug-likeness (QED) is 0.390. The number of benzene rings is 1. The zero-order chi connectivity index (χ0) is 25.4. The number of allylic oxidation sites excluding steroid dienone is 1. The second-order valence-corrected chi connectivity index (χ2v) is 11.9. The fourth-order valence-electron chi connectivity index (χ4n) is 5.81. The first-order chi connectivity index (χ1) is 17.3. The highest BCUT2D eigenvalue weighted by atomic mass is 32.1. The van der Waals surface area contributed by atoms with Gasteiger partial charge in [-0.1, -0.05) is 29.8 Å². The van der Waals surface area contributed by atoms with E-state index in [-0.39, 0.29) is 17.8 Å². The van der Waals surface area contributed by atoms with Crippen LogP contribution < -0.4 is 0 Å². The number of likely N-dealkylation sites (tertiary alicyclic amines) is 1. The average Bonchev–Trinajstić information content (AvgIpc) is 3.64. The Hall–Kier alpha value is -2.74. The van der Waals surface area contributed by atoms with Crippen molar-refractivity contribution in [3.63, 3.8) is 0 Å². The molecule has 0 saturated carbocycles. The Balaban J connectivity index is 1.37. The highest BCUT2D eigenvalue weighted by molar-refractivity contribution is 7.12. The van der Waals surface area contributed by atoms with E-state index in [1.807, 2.05) is 47.7 Å². The standard InChI is InChI=1S/C29H31NO4S2/c1-17-12-18(2)25(19(3)13-17)26-22(34-29(33)24-7-5-11-36-24)15-21(27(26)31)14-20-8-9-30(16-20)28(32)23-6-4-10-35-23/h4-7,10-13,20-21,27,31H,8-9,14-16H2,1-3H3. The van der Waals surface area contributed by atoms with Crippen molar-refractivity contribution in [2.75, 3.05) is 13.1 Å². The van der Waals surface area contributed by atoms with Gasteiger partial charge in [0.1, 0.15) is 10.6 Å². The van der Waals surface area contributed by atoms with E-state index < -0.39 is 6.10 Å². The largest absolute Gasteiger partial charge is 0.426 e. The summed E-state index contributed by atoms with van der Waals surface area (Å²) in [4.78, 5) is 28.9. The van der Waals surface area contributed by atoms with Gasteiger partial charge >= 0.3 is 5.97 Å². The molecule has 0 bridgehead atoms. The van der Waals surface area contributed by atoms with Crippen molar-refractivity contribution < 1.29 is 19.4 Å². The molecule has 2 aromatic heterocycles. The van der Waals surface area contributed by atoms with Crippen molar-refractivity contribution in [2.45, 2.75) is 46.1 Å². The second-order valence-electron chi connectivity index (χ2n) is 10.0. The van der Waals surface area contributed by atoms with Gasteiger partial charge in [0, 0.05) is 25.1 Å². The van der Waals surface area contributed by atoms with Crippen molar-refractivity contribution in [2.24, 2.45) is 11.8 Å². The molecule has 3 heterocycles. The number of esters is 1. The number of hydrogen-bond donors (Lipinski definition) is 1. The lowest BCUT2D eigenvalue weighted by Crippen LogP contribution is -2.28. The van der Waals surface area contributed by atoms with Gasteiger partial charge in [-0.15, -0.1) is 22.7 Å². The number of thiophene rings is 2. The number of hydrogen-bond acceptors (Lipinski definition) is 6. The molecular weight excluding hydrogens is 490 g/mol. The van der Waals surface area contributed by atoms with Crippen LogP contribution in [0.25, 0.3) is 5.57 Å². The van der Waals surface area contributed by atoms with E-state index in [0.717, 1.165) is 52.1 Å². The predicted octanol–water partition coefficient (Wildman–Crippen LogP) is 6.24. The highest BCUT2D eigenvalue weighted by Crippen LogP contribution is 2.45. The molecule has 3 aromatic rings. The summed E-state index contributed by atoms with van der Waals surface area (Å²) in [5.41, 5.74) is 5.02. The maximum atomic E-state index is 12.9. The molecule has 2 aliphatic rings. The minimum absolute atomic E-state index is 0.0620. The van der Waals surface area contributed by atoms with Crippen LogP contribution in [0.2, 0.25) is 0 Å². The van der Waals surface area contributed by atoms with Crippen molar-refractivity contribution in [1.29, 1.82) is 0 Å². The maximum Gasteiger partial charge on any atom is 0.353 e. The number of aliphatic hydroxyl groups excluding tert-OH is 1. The Bertz CT molecular complexity index is 1270. The fraction of sp³-hybridized carbons (Fsp3) is 0.379. The molecule has 1 amide bonds. The number of amides is 1. The van der Waals surface area contributed by atoms with Gasteiger partial charge in [-0.25, -0.2) is 4.79 Å². The van der Waals surface area contributed by atoms with E-state index in [0.29, 0.717) is 29.5 Å². The van der Waals surface area contributed by atoms with Crippen LogP contribution in [0.4, 0.5) is 0 Å². The molecule has 0 radical (unpaired) electrons. The van der Waals surface area contributed by atoms with Gasteiger partial charge in [0.15, 0.2) is 0 Å². The summed E-state index contributed by atoms with van der Waals surface area (Å²) in [5.74, 6) is 0.539. The van der Waals surface area contributed by atoms with Gasteiger partial charge < -0.3 is 14.7 Å². The van der Waals surface area contributed by atoms with E-state index in [1.54, 1.807) is 6.07 Å². The maximum absolute atomic E-state index is 12.9. The first-order valence-corrected chi connectivity index (χ1v) is 14.2. The summed E-state index contributed by atoms with van der Waals surface area (Å²) < 4.78 is 5.96. The lowest BCUT2D eigenvalue weighted by atomic mass is 9.86. The van der Waals surface area contributed by atoms with E-state index in [1.165, 1.54) is 22.7 Å². The molecule has 1 fully saturated rings. The number of carbonyl (C=O) groups excluding carboxylic acids is 2. The number of ether oxygens (including phenoxy) is 1. The van der Waals surface area contributed by atoms with Crippen LogP contribution in [0.5, 0.6) is 0 Å². The molecule has 188 valence electrons. The zero-order valence-corrected chi connectivity index (χ0v) is 22.5. The topological polar surface area (TPSA) is 66.8 Å². The molecule has 1 aromatic carbocycles. The Kier molecular flexibility index (Phi) is 7.15. The Labute approximate surface area is 220 Å². The molecule has 3 unspecified atom stereocenters. The zero-order valence-electron chi connectivity index (χ0n) is 20.8. The molecular formula is C29H31NO4S2. The van der Waals surface area contributed by atoms with Gasteiger partial charge in [0.2, 0.25) is 0 Å². The van der Waals surface area contributed by atoms with E-state index in [4.69, 9.17) is 4.74 Å². The molecule has 0 spiro atoms. The van der Waals surface area contributed by atoms with Crippen molar-refractivity contribution in [3.05, 3.63) is 84.9 Å². The summed E-state index contributed by atoms with van der Waals surface area (Å²) in [7, 11) is 0. The first kappa shape index (κ1) is 24.9. The summed E-state index contributed by atoms with van der Waals surface area (Å²) in [6.45, 7) is 7.59. The lowest BCUT2D eigenvalue weighted by molar-refractivity contribution is 0.0615. The van der Waals surface area contributed by atoms with Gasteiger partial charge in [-0.3, -0.25) is 4.79 Å². The number of carbonyl (C=O) groups is 2. The molecule has 7 heteroatoms. The van der Waals surface area contributed by atoms with Gasteiger partial charge in [-0.05, 0) is 85.0 Å². The lowest BCUT2D eigenvalue weighted by Gasteiger charge is -2.22. The van der Waals surface area contributed by atoms with Crippen molar-refractivity contribution >= 4 is 40.1 Å². The summed E-state index contributed by atoms with van der Waals surface area (Å²) in [6, 6.07) is 11.6. The summed E-state index contributed by atoms with van der Waals surface area (Å²) in [6.07, 6.45) is 1.49. The first-order valence-electron chi connectivity index (χ1n) is 12.4.